The summed E-state index contributed by atoms with van der Waals surface area (Å²) in [5.41, 5.74) is -5.37. The molecule has 0 radical (unpaired) electrons. The van der Waals surface area contributed by atoms with Gasteiger partial charge in [0.25, 0.3) is 5.91 Å². The van der Waals surface area contributed by atoms with Gasteiger partial charge in [-0.05, 0) is 61.1 Å². The Kier molecular flexibility index (Phi) is 13.2. The van der Waals surface area contributed by atoms with Crippen LogP contribution in [-0.4, -0.2) is 106 Å². The van der Waals surface area contributed by atoms with Crippen molar-refractivity contribution in [2.75, 3.05) is 18.8 Å². The summed E-state index contributed by atoms with van der Waals surface area (Å²) in [5, 5.41) is 28.3. The molecule has 1 aromatic heterocycles. The lowest BCUT2D eigenvalue weighted by Crippen LogP contribution is -2.82. The number of nitrogens with one attached hydrogen (secondary N) is 1. The molecule has 3 N–H and O–H groups in total. The zero-order valence-corrected chi connectivity index (χ0v) is 37.2. The highest BCUT2D eigenvalue weighted by Gasteiger charge is 2.78. The molecule has 1 saturated heterocycles. The Bertz CT molecular complexity index is 2210. The highest BCUT2D eigenvalue weighted by atomic mass is 32.2. The van der Waals surface area contributed by atoms with E-state index in [-0.39, 0.29) is 54.5 Å². The van der Waals surface area contributed by atoms with E-state index in [1.54, 1.807) is 58.0 Å². The van der Waals surface area contributed by atoms with E-state index in [1.165, 1.54) is 44.0 Å². The summed E-state index contributed by atoms with van der Waals surface area (Å²) in [6, 6.07) is 19.0. The van der Waals surface area contributed by atoms with Gasteiger partial charge in [-0.3, -0.25) is 19.2 Å². The van der Waals surface area contributed by atoms with Gasteiger partial charge in [0.15, 0.2) is 23.6 Å². The maximum absolute atomic E-state index is 15.9. The second kappa shape index (κ2) is 18.0. The van der Waals surface area contributed by atoms with Crippen LogP contribution in [0, 0.1) is 16.7 Å². The molecule has 2 heterocycles. The molecule has 1 aliphatic heterocycles. The van der Waals surface area contributed by atoms with Crippen LogP contribution in [0.4, 0.5) is 0 Å². The summed E-state index contributed by atoms with van der Waals surface area (Å²) in [5.74, 6) is -4.82. The van der Waals surface area contributed by atoms with Crippen LogP contribution in [0.2, 0.25) is 0 Å². The largest absolute Gasteiger partial charge is 0.467 e. The van der Waals surface area contributed by atoms with Gasteiger partial charge in [0, 0.05) is 43.6 Å². The number of carbonyl (C=O) groups excluding carboxylic acids is 5. The number of esters is 3. The molecule has 2 unspecified atom stereocenters. The number of benzene rings is 2. The van der Waals surface area contributed by atoms with E-state index in [0.717, 1.165) is 5.56 Å². The maximum atomic E-state index is 15.9. The first-order chi connectivity index (χ1) is 29.9. The average Bonchev–Trinajstić information content (AvgIpc) is 3.78. The molecular weight excluding hydrogens is 835 g/mol. The number of fused-ring (bicyclic) bond motifs is 5. The second-order valence-electron chi connectivity index (χ2n) is 17.5. The number of thioether (sulfide) groups is 1. The van der Waals surface area contributed by atoms with Crippen LogP contribution in [0.15, 0.2) is 94.6 Å². The molecule has 3 aliphatic carbocycles. The van der Waals surface area contributed by atoms with Crippen LogP contribution < -0.4 is 5.32 Å². The quantitative estimate of drug-likeness (QED) is 0.0840. The van der Waals surface area contributed by atoms with E-state index in [2.05, 4.69) is 5.32 Å². The minimum absolute atomic E-state index is 0.0603. The topological polar surface area (TPSA) is 206 Å². The highest BCUT2D eigenvalue weighted by molar-refractivity contribution is 7.98. The molecule has 2 saturated carbocycles. The average molecular weight is 890 g/mol. The van der Waals surface area contributed by atoms with Crippen LogP contribution in [-0.2, 0) is 54.2 Å². The van der Waals surface area contributed by atoms with E-state index in [0.29, 0.717) is 0 Å². The van der Waals surface area contributed by atoms with E-state index >= 15 is 4.79 Å². The first kappa shape index (κ1) is 46.2. The lowest BCUT2D eigenvalue weighted by Gasteiger charge is -2.68. The van der Waals surface area contributed by atoms with Crippen LogP contribution in [0.3, 0.4) is 0 Å². The van der Waals surface area contributed by atoms with Gasteiger partial charge >= 0.3 is 17.9 Å². The molecule has 3 aromatic rings. The van der Waals surface area contributed by atoms with Crippen LogP contribution in [0.1, 0.15) is 82.1 Å². The molecule has 3 fully saturated rings. The summed E-state index contributed by atoms with van der Waals surface area (Å²) in [7, 11) is 0. The van der Waals surface area contributed by atoms with E-state index < -0.39 is 100 Å². The third-order valence-corrected chi connectivity index (χ3v) is 13.9. The predicted octanol–water partition coefficient (Wildman–Crippen LogP) is 5.03. The Balaban J connectivity index is 1.39. The van der Waals surface area contributed by atoms with Crippen molar-refractivity contribution in [3.05, 3.63) is 107 Å². The predicted molar refractivity (Wildman–Crippen MR) is 227 cm³/mol. The Labute approximate surface area is 370 Å². The smallest absolute Gasteiger partial charge is 0.338 e. The van der Waals surface area contributed by atoms with Crippen molar-refractivity contribution < 1.29 is 67.0 Å². The van der Waals surface area contributed by atoms with Gasteiger partial charge in [-0.2, -0.15) is 0 Å². The molecule has 15 nitrogen and oxygen atoms in total. The normalized spacial score (nSPS) is 31.7. The van der Waals surface area contributed by atoms with Gasteiger partial charge in [0.05, 0.1) is 43.0 Å². The Morgan fingerprint density at radius 3 is 2.21 bits per heavy atom. The number of aliphatic hydroxyl groups is 2. The van der Waals surface area contributed by atoms with Crippen LogP contribution >= 0.6 is 11.8 Å². The van der Waals surface area contributed by atoms with Gasteiger partial charge < -0.3 is 48.4 Å². The lowest BCUT2D eigenvalue weighted by molar-refractivity contribution is -0.353. The lowest BCUT2D eigenvalue weighted by atomic mass is 9.44. The van der Waals surface area contributed by atoms with Gasteiger partial charge in [-0.1, -0.05) is 62.4 Å². The van der Waals surface area contributed by atoms with Gasteiger partial charge in [0.2, 0.25) is 0 Å². The van der Waals surface area contributed by atoms with Crippen molar-refractivity contribution in [2.24, 2.45) is 16.7 Å². The Morgan fingerprint density at radius 1 is 0.937 bits per heavy atom. The number of hydrogen-bond donors (Lipinski definition) is 3. The molecule has 1 amide bonds. The third-order valence-electron chi connectivity index (χ3n) is 13.6. The molecule has 4 aliphatic rings. The summed E-state index contributed by atoms with van der Waals surface area (Å²) < 4.78 is 43.6. The number of furan rings is 1. The van der Waals surface area contributed by atoms with E-state index in [9.17, 15) is 29.4 Å². The summed E-state index contributed by atoms with van der Waals surface area (Å²) in [6.45, 7) is 8.92. The van der Waals surface area contributed by atoms with Gasteiger partial charge in [0.1, 0.15) is 29.6 Å². The van der Waals surface area contributed by atoms with E-state index in [4.69, 9.17) is 32.8 Å². The minimum Gasteiger partial charge on any atom is -0.467 e. The van der Waals surface area contributed by atoms with Gasteiger partial charge in [-0.25, -0.2) is 4.79 Å². The Morgan fingerprint density at radius 2 is 1.62 bits per heavy atom. The molecule has 11 atom stereocenters. The molecule has 2 aromatic carbocycles. The highest BCUT2D eigenvalue weighted by Crippen LogP contribution is 2.65. The summed E-state index contributed by atoms with van der Waals surface area (Å²) in [4.78, 5) is 69.9. The fourth-order valence-electron chi connectivity index (χ4n) is 10.4. The second-order valence-corrected chi connectivity index (χ2v) is 18.3. The van der Waals surface area contributed by atoms with Crippen LogP contribution in [0.5, 0.6) is 0 Å². The van der Waals surface area contributed by atoms with Crippen molar-refractivity contribution in [3.63, 3.8) is 0 Å². The number of ether oxygens (including phenoxy) is 6. The molecule has 63 heavy (non-hydrogen) atoms. The number of ketones is 1. The molecular formula is C47H55NO14S. The number of amides is 1. The summed E-state index contributed by atoms with van der Waals surface area (Å²) >= 11 is 1.39. The van der Waals surface area contributed by atoms with Crippen molar-refractivity contribution in [2.45, 2.75) is 115 Å². The van der Waals surface area contributed by atoms with Crippen molar-refractivity contribution in [1.29, 1.82) is 0 Å². The number of carbonyl (C=O) groups is 5. The van der Waals surface area contributed by atoms with Gasteiger partial charge in [-0.15, -0.1) is 11.8 Å². The molecule has 0 spiro atoms. The monoisotopic (exact) mass is 889 g/mol. The Hall–Kier alpha value is -4.84. The number of Topliss-reactive ketones (excluding diaryl/α,β-unsaturated/α-hetero) is 1. The zero-order chi connectivity index (χ0) is 45.5. The fraction of sp³-hybridized carbons (Fsp3) is 0.511. The number of aliphatic hydroxyl groups excluding tert-OH is 1. The first-order valence-electron chi connectivity index (χ1n) is 20.9. The molecule has 16 heteroatoms. The maximum Gasteiger partial charge on any atom is 0.338 e. The van der Waals surface area contributed by atoms with Crippen molar-refractivity contribution >= 4 is 41.4 Å². The third kappa shape index (κ3) is 8.14. The van der Waals surface area contributed by atoms with Crippen molar-refractivity contribution in [3.8, 4) is 0 Å². The molecule has 338 valence electrons. The fourth-order valence-corrected chi connectivity index (χ4v) is 10.7. The van der Waals surface area contributed by atoms with Crippen LogP contribution in [0.25, 0.3) is 0 Å². The number of hydrogen-bond acceptors (Lipinski definition) is 15. The standard InChI is InChI=1S/C47H55NO14S/c1-26-32(61-43(54)37(51)36(31-19-14-20-56-31)48-42(53)30-17-12-9-13-18-30)22-47(55)41(57-23-29-15-10-8-11-16-29)39-45(6,40(52)38(60-27(2)49)35(26)44(47,4)5)33(59-25-63-7)21-34-46(39,24-58-34)62-28(3)50/h8-20,32-34,36-39,41,51,55H,21-25H2,1-7H3,(H,48,53)/t32?,33-,34+,36-,37+,38+,39?,41-,45+,46-,47+/m0/s1. The molecule has 2 bridgehead atoms. The SMILES string of the molecule is CSCO[C@H]1C[C@H]2OC[C@@]2(OC(C)=O)C2[C@H](OCc3ccccc3)[C@]3(O)CC(OC(=O)[C@H](O)[C@@H](NC(=O)c4ccccc4)c4ccco4)C(C)=C([C@@H](OC(C)=O)C(=O)[C@@]21C)C3(C)C. The number of rotatable bonds is 14. The van der Waals surface area contributed by atoms with Crippen molar-refractivity contribution in [1.82, 2.24) is 5.32 Å². The zero-order valence-electron chi connectivity index (χ0n) is 36.4. The minimum atomic E-state index is -2.12. The molecule has 7 rings (SSSR count). The first-order valence-corrected chi connectivity index (χ1v) is 22.3. The summed E-state index contributed by atoms with van der Waals surface area (Å²) in [6.07, 6.45) is -5.21. The van der Waals surface area contributed by atoms with E-state index in [1.807, 2.05) is 36.6 Å².